The Morgan fingerprint density at radius 2 is 1.67 bits per heavy atom. The van der Waals surface area contributed by atoms with Gasteiger partial charge in [0.2, 0.25) is 0 Å². The lowest BCUT2D eigenvalue weighted by molar-refractivity contribution is 0.317. The SMILES string of the molecule is CCCNCc1ccccc1-c1ccc(OCCC)cc1. The number of hydrogen-bond acceptors (Lipinski definition) is 2. The van der Waals surface area contributed by atoms with E-state index in [4.69, 9.17) is 4.74 Å². The maximum atomic E-state index is 5.64. The molecule has 0 fully saturated rings. The summed E-state index contributed by atoms with van der Waals surface area (Å²) >= 11 is 0. The predicted molar refractivity (Wildman–Crippen MR) is 89.7 cm³/mol. The van der Waals surface area contributed by atoms with Gasteiger partial charge in [-0.1, -0.05) is 50.2 Å². The Labute approximate surface area is 128 Å². The van der Waals surface area contributed by atoms with Crippen molar-refractivity contribution in [2.24, 2.45) is 0 Å². The molecule has 0 unspecified atom stereocenters. The van der Waals surface area contributed by atoms with Crippen molar-refractivity contribution in [1.29, 1.82) is 0 Å². The molecule has 0 aromatic heterocycles. The van der Waals surface area contributed by atoms with Gasteiger partial charge in [-0.25, -0.2) is 0 Å². The minimum absolute atomic E-state index is 0.775. The summed E-state index contributed by atoms with van der Waals surface area (Å²) in [6, 6.07) is 17.0. The van der Waals surface area contributed by atoms with Crippen molar-refractivity contribution in [3.05, 3.63) is 54.1 Å². The fourth-order valence-corrected chi connectivity index (χ4v) is 2.31. The normalized spacial score (nSPS) is 10.6. The van der Waals surface area contributed by atoms with Crippen molar-refractivity contribution >= 4 is 0 Å². The van der Waals surface area contributed by atoms with E-state index >= 15 is 0 Å². The number of benzene rings is 2. The molecule has 0 bridgehead atoms. The van der Waals surface area contributed by atoms with Gasteiger partial charge < -0.3 is 10.1 Å². The first-order valence-electron chi connectivity index (χ1n) is 7.87. The summed E-state index contributed by atoms with van der Waals surface area (Å²) < 4.78 is 5.64. The summed E-state index contributed by atoms with van der Waals surface area (Å²) in [4.78, 5) is 0. The average molecular weight is 283 g/mol. The van der Waals surface area contributed by atoms with Crippen LogP contribution in [0.5, 0.6) is 5.75 Å². The fraction of sp³-hybridized carbons (Fsp3) is 0.368. The summed E-state index contributed by atoms with van der Waals surface area (Å²) in [5.74, 6) is 0.946. The zero-order chi connectivity index (χ0) is 14.9. The maximum absolute atomic E-state index is 5.64. The third-order valence-electron chi connectivity index (χ3n) is 3.40. The number of hydrogen-bond donors (Lipinski definition) is 1. The Kier molecular flexibility index (Phi) is 6.29. The lowest BCUT2D eigenvalue weighted by Crippen LogP contribution is -2.14. The summed E-state index contributed by atoms with van der Waals surface area (Å²) in [6.07, 6.45) is 2.19. The molecule has 0 saturated heterocycles. The van der Waals surface area contributed by atoms with Crippen LogP contribution in [0.4, 0.5) is 0 Å². The van der Waals surface area contributed by atoms with Gasteiger partial charge >= 0.3 is 0 Å². The molecule has 21 heavy (non-hydrogen) atoms. The largest absolute Gasteiger partial charge is 0.494 e. The summed E-state index contributed by atoms with van der Waals surface area (Å²) in [6.45, 7) is 7.05. The van der Waals surface area contributed by atoms with E-state index < -0.39 is 0 Å². The molecule has 0 aliphatic heterocycles. The van der Waals surface area contributed by atoms with Crippen LogP contribution in [-0.4, -0.2) is 13.2 Å². The molecule has 0 amide bonds. The first-order valence-corrected chi connectivity index (χ1v) is 7.87. The molecular formula is C19H25NO. The van der Waals surface area contributed by atoms with Gasteiger partial charge in [-0.15, -0.1) is 0 Å². The smallest absolute Gasteiger partial charge is 0.119 e. The van der Waals surface area contributed by atoms with Gasteiger partial charge in [0.05, 0.1) is 6.61 Å². The zero-order valence-corrected chi connectivity index (χ0v) is 13.1. The molecule has 1 N–H and O–H groups in total. The van der Waals surface area contributed by atoms with Crippen LogP contribution in [0.15, 0.2) is 48.5 Å². The van der Waals surface area contributed by atoms with Gasteiger partial charge in [-0.3, -0.25) is 0 Å². The molecule has 0 saturated carbocycles. The zero-order valence-electron chi connectivity index (χ0n) is 13.1. The molecular weight excluding hydrogens is 258 g/mol. The van der Waals surface area contributed by atoms with E-state index in [1.807, 2.05) is 0 Å². The second kappa shape index (κ2) is 8.48. The second-order valence-electron chi connectivity index (χ2n) is 5.21. The Morgan fingerprint density at radius 3 is 2.38 bits per heavy atom. The Hall–Kier alpha value is -1.80. The highest BCUT2D eigenvalue weighted by Gasteiger charge is 2.04. The highest BCUT2D eigenvalue weighted by atomic mass is 16.5. The summed E-state index contributed by atoms with van der Waals surface area (Å²) in [7, 11) is 0. The minimum atomic E-state index is 0.775. The van der Waals surface area contributed by atoms with E-state index in [1.165, 1.54) is 16.7 Å². The monoisotopic (exact) mass is 283 g/mol. The van der Waals surface area contributed by atoms with E-state index in [9.17, 15) is 0 Å². The van der Waals surface area contributed by atoms with E-state index in [1.54, 1.807) is 0 Å². The van der Waals surface area contributed by atoms with Gasteiger partial charge in [-0.05, 0) is 48.2 Å². The average Bonchev–Trinajstić information content (AvgIpc) is 2.54. The lowest BCUT2D eigenvalue weighted by atomic mass is 9.99. The van der Waals surface area contributed by atoms with Crippen LogP contribution in [0.25, 0.3) is 11.1 Å². The molecule has 112 valence electrons. The van der Waals surface area contributed by atoms with Gasteiger partial charge in [0, 0.05) is 6.54 Å². The fourth-order valence-electron chi connectivity index (χ4n) is 2.31. The Bertz CT molecular complexity index is 534. The van der Waals surface area contributed by atoms with Crippen LogP contribution in [0, 0.1) is 0 Å². The van der Waals surface area contributed by atoms with Crippen molar-refractivity contribution in [3.8, 4) is 16.9 Å². The molecule has 0 aliphatic carbocycles. The van der Waals surface area contributed by atoms with E-state index in [-0.39, 0.29) is 0 Å². The molecule has 0 radical (unpaired) electrons. The van der Waals surface area contributed by atoms with Crippen LogP contribution in [0.1, 0.15) is 32.3 Å². The van der Waals surface area contributed by atoms with Crippen molar-refractivity contribution in [3.63, 3.8) is 0 Å². The van der Waals surface area contributed by atoms with Gasteiger partial charge in [0.1, 0.15) is 5.75 Å². The van der Waals surface area contributed by atoms with E-state index in [0.29, 0.717) is 0 Å². The van der Waals surface area contributed by atoms with Crippen LogP contribution in [0.3, 0.4) is 0 Å². The quantitative estimate of drug-likeness (QED) is 0.712. The molecule has 2 aromatic carbocycles. The molecule has 2 nitrogen and oxygen atoms in total. The van der Waals surface area contributed by atoms with Gasteiger partial charge in [0.15, 0.2) is 0 Å². The third kappa shape index (κ3) is 4.61. The van der Waals surface area contributed by atoms with Gasteiger partial charge in [-0.2, -0.15) is 0 Å². The van der Waals surface area contributed by atoms with E-state index in [0.717, 1.165) is 38.3 Å². The molecule has 0 spiro atoms. The molecule has 0 atom stereocenters. The van der Waals surface area contributed by atoms with Crippen LogP contribution < -0.4 is 10.1 Å². The van der Waals surface area contributed by atoms with Crippen molar-refractivity contribution < 1.29 is 4.74 Å². The topological polar surface area (TPSA) is 21.3 Å². The molecule has 0 aliphatic rings. The molecule has 2 aromatic rings. The lowest BCUT2D eigenvalue weighted by Gasteiger charge is -2.11. The first-order chi connectivity index (χ1) is 10.3. The highest BCUT2D eigenvalue weighted by Crippen LogP contribution is 2.25. The van der Waals surface area contributed by atoms with Crippen molar-refractivity contribution in [2.75, 3.05) is 13.2 Å². The minimum Gasteiger partial charge on any atom is -0.494 e. The Balaban J connectivity index is 2.13. The number of nitrogens with one attached hydrogen (secondary N) is 1. The second-order valence-corrected chi connectivity index (χ2v) is 5.21. The Morgan fingerprint density at radius 1 is 0.905 bits per heavy atom. The van der Waals surface area contributed by atoms with Crippen molar-refractivity contribution in [2.45, 2.75) is 33.2 Å². The van der Waals surface area contributed by atoms with Crippen molar-refractivity contribution in [1.82, 2.24) is 5.32 Å². The third-order valence-corrected chi connectivity index (χ3v) is 3.40. The molecule has 0 heterocycles. The van der Waals surface area contributed by atoms with Gasteiger partial charge in [0.25, 0.3) is 0 Å². The van der Waals surface area contributed by atoms with Crippen LogP contribution in [-0.2, 0) is 6.54 Å². The van der Waals surface area contributed by atoms with E-state index in [2.05, 4.69) is 67.7 Å². The molecule has 2 heteroatoms. The number of ether oxygens (including phenoxy) is 1. The maximum Gasteiger partial charge on any atom is 0.119 e. The van der Waals surface area contributed by atoms with Crippen LogP contribution in [0.2, 0.25) is 0 Å². The molecule has 2 rings (SSSR count). The summed E-state index contributed by atoms with van der Waals surface area (Å²) in [5.41, 5.74) is 3.88. The first kappa shape index (κ1) is 15.6. The number of rotatable bonds is 8. The van der Waals surface area contributed by atoms with Crippen LogP contribution >= 0.6 is 0 Å². The highest BCUT2D eigenvalue weighted by molar-refractivity contribution is 5.67. The standard InChI is InChI=1S/C19H25NO/c1-3-13-20-15-17-7-5-6-8-19(17)16-9-11-18(12-10-16)21-14-4-2/h5-12,20H,3-4,13-15H2,1-2H3. The predicted octanol–water partition coefficient (Wildman–Crippen LogP) is 4.64. The summed E-state index contributed by atoms with van der Waals surface area (Å²) in [5, 5.41) is 3.48.